The molecule has 228 valence electrons. The molecule has 4 rings (SSSR count). The number of anilines is 2. The van der Waals surface area contributed by atoms with Crippen LogP contribution in [0.2, 0.25) is 0 Å². The average Bonchev–Trinajstić information content (AvgIpc) is 2.88. The number of hydrogen-bond donors (Lipinski definition) is 2. The van der Waals surface area contributed by atoms with Crippen LogP contribution in [0.3, 0.4) is 0 Å². The van der Waals surface area contributed by atoms with Crippen LogP contribution in [-0.2, 0) is 6.42 Å². The van der Waals surface area contributed by atoms with E-state index >= 15 is 8.78 Å². The van der Waals surface area contributed by atoms with Gasteiger partial charge in [-0.2, -0.15) is 0 Å². The second kappa shape index (κ2) is 13.0. The number of aryl methyl sites for hydroxylation is 1. The quantitative estimate of drug-likeness (QED) is 0.208. The zero-order valence-corrected chi connectivity index (χ0v) is 26.2. The Labute approximate surface area is 250 Å². The van der Waals surface area contributed by atoms with Crippen molar-refractivity contribution in [3.05, 3.63) is 59.7 Å². The van der Waals surface area contributed by atoms with Crippen molar-refractivity contribution < 1.29 is 8.78 Å². The Balaban J connectivity index is 1.48. The lowest BCUT2D eigenvalue weighted by atomic mass is 9.73. The lowest BCUT2D eigenvalue weighted by Crippen LogP contribution is -2.55. The third-order valence-corrected chi connectivity index (χ3v) is 8.76. The molecule has 1 aliphatic carbocycles. The van der Waals surface area contributed by atoms with Gasteiger partial charge >= 0.3 is 0 Å². The molecule has 1 aromatic heterocycles. The fraction of sp³-hybridized carbons (Fsp3) is 0.559. The Bertz CT molecular complexity index is 1300. The van der Waals surface area contributed by atoms with Crippen molar-refractivity contribution >= 4 is 28.6 Å². The fourth-order valence-corrected chi connectivity index (χ4v) is 6.25. The molecule has 0 radical (unpaired) electrons. The van der Waals surface area contributed by atoms with E-state index in [1.165, 1.54) is 6.08 Å². The minimum Gasteiger partial charge on any atom is -0.382 e. The maximum absolute atomic E-state index is 15.6. The number of nitrogen functional groups attached to an aromatic ring is 1. The number of nitrogens with zero attached hydrogens (tertiary/aromatic N) is 4. The van der Waals surface area contributed by atoms with E-state index in [9.17, 15) is 0 Å². The molecular formula is C34H48F2N6. The molecule has 2 aromatic rings. The second-order valence-electron chi connectivity index (χ2n) is 13.1. The Morgan fingerprint density at radius 1 is 1.19 bits per heavy atom. The van der Waals surface area contributed by atoms with Crippen molar-refractivity contribution in [2.75, 3.05) is 24.1 Å². The molecule has 1 aliphatic heterocycles. The van der Waals surface area contributed by atoms with Crippen LogP contribution in [0, 0.1) is 11.8 Å². The Hall–Kier alpha value is -3.13. The molecule has 1 aromatic carbocycles. The summed E-state index contributed by atoms with van der Waals surface area (Å²) >= 11 is 0. The summed E-state index contributed by atoms with van der Waals surface area (Å²) in [7, 11) is 0. The third-order valence-electron chi connectivity index (χ3n) is 8.76. The maximum Gasteiger partial charge on any atom is 0.258 e. The molecule has 6 nitrogen and oxygen atoms in total. The molecule has 0 amide bonds. The van der Waals surface area contributed by atoms with E-state index in [1.54, 1.807) is 0 Å². The summed E-state index contributed by atoms with van der Waals surface area (Å²) in [5.41, 5.74) is 11.5. The maximum atomic E-state index is 15.6. The SMILES string of the molecule is C=CCC(F)(F)C1CC(Nc2cc(CC)c(N)nn2)CC(C)=C1c1ccc(N=C(C)CCC2CN(C(C)(C)C)C2)cc1. The molecule has 3 N–H and O–H groups in total. The molecular weight excluding hydrogens is 530 g/mol. The molecule has 0 bridgehead atoms. The van der Waals surface area contributed by atoms with Crippen molar-refractivity contribution in [1.29, 1.82) is 0 Å². The number of halogens is 2. The number of rotatable bonds is 11. The number of benzene rings is 1. The molecule has 2 unspecified atom stereocenters. The highest BCUT2D eigenvalue weighted by Crippen LogP contribution is 2.47. The number of nitrogens with one attached hydrogen (secondary N) is 1. The van der Waals surface area contributed by atoms with E-state index in [0.29, 0.717) is 18.1 Å². The summed E-state index contributed by atoms with van der Waals surface area (Å²) in [5, 5.41) is 11.6. The van der Waals surface area contributed by atoms with Gasteiger partial charge in [0.05, 0.1) is 11.6 Å². The van der Waals surface area contributed by atoms with Gasteiger partial charge in [0.2, 0.25) is 0 Å². The van der Waals surface area contributed by atoms with Gasteiger partial charge in [-0.1, -0.05) is 30.7 Å². The Kier molecular flexibility index (Phi) is 9.86. The lowest BCUT2D eigenvalue weighted by molar-refractivity contribution is -0.0389. The van der Waals surface area contributed by atoms with Gasteiger partial charge in [0.25, 0.3) is 5.92 Å². The van der Waals surface area contributed by atoms with Gasteiger partial charge in [-0.15, -0.1) is 16.8 Å². The molecule has 0 saturated carbocycles. The van der Waals surface area contributed by atoms with E-state index in [4.69, 9.17) is 10.7 Å². The van der Waals surface area contributed by atoms with Crippen molar-refractivity contribution in [3.8, 4) is 0 Å². The Morgan fingerprint density at radius 2 is 1.88 bits per heavy atom. The van der Waals surface area contributed by atoms with Crippen LogP contribution in [-0.4, -0.2) is 51.4 Å². The first-order valence-corrected chi connectivity index (χ1v) is 15.3. The van der Waals surface area contributed by atoms with Crippen LogP contribution < -0.4 is 11.1 Å². The molecule has 1 saturated heterocycles. The monoisotopic (exact) mass is 578 g/mol. The summed E-state index contributed by atoms with van der Waals surface area (Å²) in [5.74, 6) is -2.20. The van der Waals surface area contributed by atoms with E-state index in [-0.39, 0.29) is 24.4 Å². The predicted molar refractivity (Wildman–Crippen MR) is 172 cm³/mol. The van der Waals surface area contributed by atoms with Crippen LogP contribution in [0.25, 0.3) is 5.57 Å². The molecule has 8 heteroatoms. The van der Waals surface area contributed by atoms with Crippen LogP contribution in [0.5, 0.6) is 0 Å². The van der Waals surface area contributed by atoms with Gasteiger partial charge in [0.15, 0.2) is 0 Å². The summed E-state index contributed by atoms with van der Waals surface area (Å²) in [6.45, 7) is 18.7. The van der Waals surface area contributed by atoms with E-state index in [1.807, 2.05) is 44.2 Å². The number of hydrogen-bond acceptors (Lipinski definition) is 6. The predicted octanol–water partition coefficient (Wildman–Crippen LogP) is 8.10. The normalized spacial score (nSPS) is 20.9. The van der Waals surface area contributed by atoms with Crippen molar-refractivity contribution in [1.82, 2.24) is 15.1 Å². The number of alkyl halides is 2. The number of aromatic nitrogens is 2. The molecule has 1 fully saturated rings. The summed E-state index contributed by atoms with van der Waals surface area (Å²) in [4.78, 5) is 7.35. The zero-order valence-electron chi connectivity index (χ0n) is 26.2. The lowest BCUT2D eigenvalue weighted by Gasteiger charge is -2.48. The zero-order chi connectivity index (χ0) is 30.7. The van der Waals surface area contributed by atoms with Crippen LogP contribution >= 0.6 is 0 Å². The first kappa shape index (κ1) is 31.8. The van der Waals surface area contributed by atoms with Crippen LogP contribution in [0.1, 0.15) is 84.8 Å². The fourth-order valence-electron chi connectivity index (χ4n) is 6.25. The van der Waals surface area contributed by atoms with Gasteiger partial charge in [0.1, 0.15) is 11.6 Å². The standard InChI is InChI=1S/C34H48F2N6/c1-8-16-34(35,36)29-19-28(39-30-18-25(9-2)32(37)41-40-30)17-22(3)31(29)26-12-14-27(15-13-26)38-23(4)10-11-24-20-42(21-24)33(5,6)7/h8,12-15,18,24,28-29H,1,9-11,16-17,19-21H2,2-7H3,(H2,37,41)(H,39,40). The number of nitrogens with two attached hydrogens (primary N) is 1. The van der Waals surface area contributed by atoms with Crippen LogP contribution in [0.15, 0.2) is 53.6 Å². The smallest absolute Gasteiger partial charge is 0.258 e. The highest BCUT2D eigenvalue weighted by atomic mass is 19.3. The van der Waals surface area contributed by atoms with Gasteiger partial charge in [0, 0.05) is 36.8 Å². The minimum atomic E-state index is -2.93. The summed E-state index contributed by atoms with van der Waals surface area (Å²) in [6.07, 6.45) is 4.68. The van der Waals surface area contributed by atoms with Crippen molar-refractivity contribution in [2.24, 2.45) is 16.8 Å². The van der Waals surface area contributed by atoms with Gasteiger partial charge in [-0.3, -0.25) is 9.89 Å². The topological polar surface area (TPSA) is 79.4 Å². The molecule has 42 heavy (non-hydrogen) atoms. The third kappa shape index (κ3) is 7.63. The average molecular weight is 579 g/mol. The number of aliphatic imine (C=N–C) groups is 1. The van der Waals surface area contributed by atoms with Crippen LogP contribution in [0.4, 0.5) is 26.1 Å². The number of allylic oxidation sites excluding steroid dienone is 2. The van der Waals surface area contributed by atoms with Crippen molar-refractivity contribution in [3.63, 3.8) is 0 Å². The summed E-state index contributed by atoms with van der Waals surface area (Å²) in [6, 6.07) is 9.46. The molecule has 2 heterocycles. The number of likely N-dealkylation sites (tertiary alicyclic amines) is 1. The molecule has 0 spiro atoms. The molecule has 2 aliphatic rings. The highest BCUT2D eigenvalue weighted by Gasteiger charge is 2.45. The van der Waals surface area contributed by atoms with E-state index < -0.39 is 11.8 Å². The first-order valence-electron chi connectivity index (χ1n) is 15.3. The van der Waals surface area contributed by atoms with E-state index in [2.05, 4.69) is 54.7 Å². The minimum absolute atomic E-state index is 0.199. The molecule has 2 atom stereocenters. The first-order chi connectivity index (χ1) is 19.8. The van der Waals surface area contributed by atoms with Gasteiger partial charge < -0.3 is 11.1 Å². The highest BCUT2D eigenvalue weighted by molar-refractivity contribution is 5.84. The van der Waals surface area contributed by atoms with Crippen molar-refractivity contribution in [2.45, 2.75) is 97.6 Å². The Morgan fingerprint density at radius 3 is 2.50 bits per heavy atom. The largest absolute Gasteiger partial charge is 0.382 e. The second-order valence-corrected chi connectivity index (χ2v) is 13.1. The van der Waals surface area contributed by atoms with Gasteiger partial charge in [-0.05, 0) is 108 Å². The van der Waals surface area contributed by atoms with Gasteiger partial charge in [-0.25, -0.2) is 8.78 Å². The van der Waals surface area contributed by atoms with E-state index in [0.717, 1.165) is 71.9 Å². The summed E-state index contributed by atoms with van der Waals surface area (Å²) < 4.78 is 31.2.